The number of allylic oxidation sites excluding steroid dienone is 2. The van der Waals surface area contributed by atoms with Gasteiger partial charge in [0.2, 0.25) is 0 Å². The van der Waals surface area contributed by atoms with Crippen molar-refractivity contribution < 1.29 is 13.2 Å². The molecule has 3 aromatic rings. The van der Waals surface area contributed by atoms with E-state index in [1.54, 1.807) is 0 Å². The van der Waals surface area contributed by atoms with E-state index < -0.39 is 17.2 Å². The van der Waals surface area contributed by atoms with Gasteiger partial charge in [-0.25, -0.2) is 0 Å². The van der Waals surface area contributed by atoms with Gasteiger partial charge in [0.1, 0.15) is 0 Å². The summed E-state index contributed by atoms with van der Waals surface area (Å²) in [5, 5.41) is 0. The number of alkyl halides is 3. The second kappa shape index (κ2) is 8.41. The summed E-state index contributed by atoms with van der Waals surface area (Å²) in [6.07, 6.45) is -2.25. The molecule has 0 aliphatic rings. The van der Waals surface area contributed by atoms with E-state index in [1.165, 1.54) is 12.1 Å². The highest BCUT2D eigenvalue weighted by Gasteiger charge is 2.31. The van der Waals surface area contributed by atoms with Crippen LogP contribution in [0.15, 0.2) is 96.6 Å². The van der Waals surface area contributed by atoms with Crippen molar-refractivity contribution in [1.29, 1.82) is 0 Å². The number of halogens is 3. The van der Waals surface area contributed by atoms with E-state index >= 15 is 0 Å². The monoisotopic (exact) mass is 390 g/mol. The molecule has 3 aromatic carbocycles. The summed E-state index contributed by atoms with van der Waals surface area (Å²) in [5.74, 6) is 6.47. The predicted octanol–water partition coefficient (Wildman–Crippen LogP) is 7.01. The van der Waals surface area contributed by atoms with Crippen molar-refractivity contribution in [3.05, 3.63) is 119 Å². The first-order valence-corrected chi connectivity index (χ1v) is 9.29. The summed E-state index contributed by atoms with van der Waals surface area (Å²) in [7, 11) is 0. The minimum Gasteiger partial charge on any atom is -0.166 e. The minimum atomic E-state index is -4.36. The van der Waals surface area contributed by atoms with Crippen molar-refractivity contribution in [2.45, 2.75) is 25.4 Å². The smallest absolute Gasteiger partial charge is 0.166 e. The van der Waals surface area contributed by atoms with E-state index in [4.69, 9.17) is 0 Å². The number of hydrogen-bond donors (Lipinski definition) is 0. The van der Waals surface area contributed by atoms with E-state index in [0.29, 0.717) is 5.56 Å². The Balaban J connectivity index is 2.17. The molecule has 0 aliphatic carbocycles. The van der Waals surface area contributed by atoms with Gasteiger partial charge >= 0.3 is 6.18 Å². The standard InChI is InChI=1S/C26H21F3/c1-20(2)19-25(22-9-5-3-6-10-22,23-11-7-4-8-12-23)18-17-21-13-15-24(16-14-21)26(27,28)29/h3-16,19H,1-2H3. The molecular formula is C26H21F3. The van der Waals surface area contributed by atoms with Gasteiger partial charge in [0.25, 0.3) is 0 Å². The highest BCUT2D eigenvalue weighted by Crippen LogP contribution is 2.35. The van der Waals surface area contributed by atoms with Gasteiger partial charge in [0.05, 0.1) is 11.0 Å². The molecule has 29 heavy (non-hydrogen) atoms. The number of benzene rings is 3. The molecule has 0 atom stereocenters. The molecule has 146 valence electrons. The van der Waals surface area contributed by atoms with Gasteiger partial charge in [0, 0.05) is 5.56 Å². The molecule has 0 N–H and O–H groups in total. The van der Waals surface area contributed by atoms with Gasteiger partial charge in [-0.15, -0.1) is 0 Å². The summed E-state index contributed by atoms with van der Waals surface area (Å²) in [5.41, 5.74) is 2.27. The van der Waals surface area contributed by atoms with Gasteiger partial charge in [-0.1, -0.05) is 84.2 Å². The highest BCUT2D eigenvalue weighted by molar-refractivity contribution is 5.55. The molecule has 0 unspecified atom stereocenters. The molecule has 0 saturated carbocycles. The fourth-order valence-corrected chi connectivity index (χ4v) is 3.26. The Hall–Kier alpha value is -3.25. The van der Waals surface area contributed by atoms with Crippen LogP contribution in [-0.4, -0.2) is 0 Å². The second-order valence-electron chi connectivity index (χ2n) is 7.09. The first-order valence-electron chi connectivity index (χ1n) is 9.29. The lowest BCUT2D eigenvalue weighted by atomic mass is 9.74. The van der Waals surface area contributed by atoms with Crippen molar-refractivity contribution in [3.63, 3.8) is 0 Å². The van der Waals surface area contributed by atoms with Gasteiger partial charge in [-0.2, -0.15) is 13.2 Å². The summed E-state index contributed by atoms with van der Waals surface area (Å²) in [6, 6.07) is 24.8. The van der Waals surface area contributed by atoms with E-state index in [-0.39, 0.29) is 0 Å². The van der Waals surface area contributed by atoms with E-state index in [9.17, 15) is 13.2 Å². The van der Waals surface area contributed by atoms with Crippen molar-refractivity contribution in [1.82, 2.24) is 0 Å². The minimum absolute atomic E-state index is 0.538. The fourth-order valence-electron chi connectivity index (χ4n) is 3.26. The normalized spacial score (nSPS) is 11.3. The first-order chi connectivity index (χ1) is 13.8. The van der Waals surface area contributed by atoms with Crippen LogP contribution in [0.3, 0.4) is 0 Å². The van der Waals surface area contributed by atoms with E-state index in [0.717, 1.165) is 28.8 Å². The SMILES string of the molecule is CC(C)=CC(C#Cc1ccc(C(F)(F)F)cc1)(c1ccccc1)c1ccccc1. The summed E-state index contributed by atoms with van der Waals surface area (Å²) < 4.78 is 38.5. The van der Waals surface area contributed by atoms with Gasteiger partial charge in [-0.05, 0) is 49.2 Å². The molecule has 0 saturated heterocycles. The Kier molecular flexibility index (Phi) is 5.94. The van der Waals surface area contributed by atoms with Crippen LogP contribution in [-0.2, 0) is 11.6 Å². The molecule has 0 aliphatic heterocycles. The maximum Gasteiger partial charge on any atom is 0.416 e. The predicted molar refractivity (Wildman–Crippen MR) is 111 cm³/mol. The van der Waals surface area contributed by atoms with Crippen LogP contribution >= 0.6 is 0 Å². The summed E-state index contributed by atoms with van der Waals surface area (Å²) >= 11 is 0. The van der Waals surface area contributed by atoms with E-state index in [2.05, 4.69) is 17.9 Å². The zero-order valence-corrected chi connectivity index (χ0v) is 16.3. The molecule has 0 spiro atoms. The maximum absolute atomic E-state index is 12.8. The molecule has 0 radical (unpaired) electrons. The van der Waals surface area contributed by atoms with Crippen LogP contribution in [0.5, 0.6) is 0 Å². The average molecular weight is 390 g/mol. The van der Waals surface area contributed by atoms with E-state index in [1.807, 2.05) is 74.5 Å². The number of rotatable bonds is 3. The number of hydrogen-bond acceptors (Lipinski definition) is 0. The van der Waals surface area contributed by atoms with Crippen molar-refractivity contribution in [2.75, 3.05) is 0 Å². The van der Waals surface area contributed by atoms with Crippen molar-refractivity contribution >= 4 is 0 Å². The van der Waals surface area contributed by atoms with Gasteiger partial charge < -0.3 is 0 Å². The first kappa shape index (κ1) is 20.5. The molecule has 0 fully saturated rings. The lowest BCUT2D eigenvalue weighted by molar-refractivity contribution is -0.137. The Morgan fingerprint density at radius 3 is 1.59 bits per heavy atom. The van der Waals surface area contributed by atoms with Crippen molar-refractivity contribution in [2.24, 2.45) is 0 Å². The molecule has 0 heterocycles. The van der Waals surface area contributed by atoms with Crippen molar-refractivity contribution in [3.8, 4) is 11.8 Å². The maximum atomic E-state index is 12.8. The highest BCUT2D eigenvalue weighted by atomic mass is 19.4. The lowest BCUT2D eigenvalue weighted by Gasteiger charge is -2.27. The Morgan fingerprint density at radius 2 is 1.17 bits per heavy atom. The molecule has 0 amide bonds. The van der Waals surface area contributed by atoms with Crippen LogP contribution in [0, 0.1) is 11.8 Å². The largest absolute Gasteiger partial charge is 0.416 e. The van der Waals surface area contributed by atoms with Crippen LogP contribution in [0.2, 0.25) is 0 Å². The Labute approximate surface area is 169 Å². The summed E-state index contributed by atoms with van der Waals surface area (Å²) in [4.78, 5) is 0. The fraction of sp³-hybridized carbons (Fsp3) is 0.154. The molecule has 0 nitrogen and oxygen atoms in total. The molecule has 0 bridgehead atoms. The average Bonchev–Trinajstić information content (AvgIpc) is 2.72. The third-order valence-corrected chi connectivity index (χ3v) is 4.58. The van der Waals surface area contributed by atoms with Crippen LogP contribution in [0.4, 0.5) is 13.2 Å². The quantitative estimate of drug-likeness (QED) is 0.333. The zero-order valence-electron chi connectivity index (χ0n) is 16.3. The van der Waals surface area contributed by atoms with Crippen LogP contribution < -0.4 is 0 Å². The van der Waals surface area contributed by atoms with Crippen LogP contribution in [0.1, 0.15) is 36.1 Å². The third kappa shape index (κ3) is 4.78. The van der Waals surface area contributed by atoms with Gasteiger partial charge in [0.15, 0.2) is 0 Å². The molecule has 3 heteroatoms. The van der Waals surface area contributed by atoms with Crippen LogP contribution in [0.25, 0.3) is 0 Å². The van der Waals surface area contributed by atoms with Gasteiger partial charge in [-0.3, -0.25) is 0 Å². The molecular weight excluding hydrogens is 369 g/mol. The topological polar surface area (TPSA) is 0 Å². The Morgan fingerprint density at radius 1 is 0.690 bits per heavy atom. The molecule has 3 rings (SSSR count). The lowest BCUT2D eigenvalue weighted by Crippen LogP contribution is -2.24. The Bertz CT molecular complexity index is 989. The summed E-state index contributed by atoms with van der Waals surface area (Å²) in [6.45, 7) is 4.03. The molecule has 0 aromatic heterocycles. The third-order valence-electron chi connectivity index (χ3n) is 4.58. The zero-order chi connectivity index (χ0) is 20.9. The second-order valence-corrected chi connectivity index (χ2v) is 7.09.